The number of rotatable bonds is 12. The van der Waals surface area contributed by atoms with Crippen molar-refractivity contribution < 1.29 is 23.9 Å². The van der Waals surface area contributed by atoms with Crippen molar-refractivity contribution in [1.82, 2.24) is 4.90 Å². The Morgan fingerprint density at radius 3 is 2.42 bits per heavy atom. The second kappa shape index (κ2) is 12.0. The summed E-state index contributed by atoms with van der Waals surface area (Å²) in [5.74, 6) is 0.493. The van der Waals surface area contributed by atoms with E-state index in [2.05, 4.69) is 10.6 Å². The standard InChI is InChI=1S/C25H31N3O5/c1-3-33-24(30)14-15-28(16-18-8-9-18)17-23(29)26-20-12-10-19(11-13-20)25(31)27-21-6-4-5-7-22(21)32-2/h4-7,10-13,18H,3,8-9,14-17H2,1-2H3,(H,26,29)(H,27,31). The summed E-state index contributed by atoms with van der Waals surface area (Å²) >= 11 is 0. The van der Waals surface area contributed by atoms with Gasteiger partial charge in [0.25, 0.3) is 5.91 Å². The van der Waals surface area contributed by atoms with Crippen LogP contribution in [0.3, 0.4) is 0 Å². The molecule has 8 nitrogen and oxygen atoms in total. The molecule has 1 fully saturated rings. The van der Waals surface area contributed by atoms with Crippen molar-refractivity contribution in [3.63, 3.8) is 0 Å². The molecule has 0 unspecified atom stereocenters. The summed E-state index contributed by atoms with van der Waals surface area (Å²) in [6.07, 6.45) is 2.59. The lowest BCUT2D eigenvalue weighted by Gasteiger charge is -2.21. The maximum Gasteiger partial charge on any atom is 0.307 e. The zero-order valence-electron chi connectivity index (χ0n) is 19.1. The molecule has 2 aromatic carbocycles. The van der Waals surface area contributed by atoms with E-state index in [-0.39, 0.29) is 30.7 Å². The summed E-state index contributed by atoms with van der Waals surface area (Å²) in [6, 6.07) is 13.9. The molecule has 0 heterocycles. The highest BCUT2D eigenvalue weighted by atomic mass is 16.5. The number of anilines is 2. The van der Waals surface area contributed by atoms with Crippen molar-refractivity contribution >= 4 is 29.2 Å². The van der Waals surface area contributed by atoms with Crippen LogP contribution in [0.4, 0.5) is 11.4 Å². The Labute approximate surface area is 194 Å². The Kier molecular flexibility index (Phi) is 8.83. The number of nitrogens with one attached hydrogen (secondary N) is 2. The van der Waals surface area contributed by atoms with Gasteiger partial charge in [-0.1, -0.05) is 12.1 Å². The van der Waals surface area contributed by atoms with Crippen molar-refractivity contribution in [3.8, 4) is 5.75 Å². The van der Waals surface area contributed by atoms with Crippen LogP contribution in [0.2, 0.25) is 0 Å². The highest BCUT2D eigenvalue weighted by Gasteiger charge is 2.25. The number of hydrogen-bond acceptors (Lipinski definition) is 6. The van der Waals surface area contributed by atoms with E-state index >= 15 is 0 Å². The Morgan fingerprint density at radius 2 is 1.76 bits per heavy atom. The molecular weight excluding hydrogens is 422 g/mol. The number of ether oxygens (including phenoxy) is 2. The van der Waals surface area contributed by atoms with Gasteiger partial charge in [-0.15, -0.1) is 0 Å². The van der Waals surface area contributed by atoms with E-state index in [4.69, 9.17) is 9.47 Å². The molecular formula is C25H31N3O5. The van der Waals surface area contributed by atoms with Crippen molar-refractivity contribution in [2.24, 2.45) is 5.92 Å². The smallest absolute Gasteiger partial charge is 0.307 e. The van der Waals surface area contributed by atoms with Crippen LogP contribution in [0.1, 0.15) is 36.5 Å². The second-order valence-corrected chi connectivity index (χ2v) is 8.01. The second-order valence-electron chi connectivity index (χ2n) is 8.01. The normalized spacial score (nSPS) is 12.8. The number of benzene rings is 2. The summed E-state index contributed by atoms with van der Waals surface area (Å²) in [4.78, 5) is 38.8. The predicted octanol–water partition coefficient (Wildman–Crippen LogP) is 3.55. The van der Waals surface area contributed by atoms with Gasteiger partial charge in [-0.3, -0.25) is 19.3 Å². The third-order valence-corrected chi connectivity index (χ3v) is 5.30. The van der Waals surface area contributed by atoms with Gasteiger partial charge in [0.15, 0.2) is 0 Å². The Bertz CT molecular complexity index is 957. The molecule has 0 atom stereocenters. The minimum Gasteiger partial charge on any atom is -0.495 e. The molecule has 1 saturated carbocycles. The maximum absolute atomic E-state index is 12.6. The summed E-state index contributed by atoms with van der Waals surface area (Å²) < 4.78 is 10.2. The molecule has 2 N–H and O–H groups in total. The first-order valence-corrected chi connectivity index (χ1v) is 11.2. The Balaban J connectivity index is 1.52. The van der Waals surface area contributed by atoms with Gasteiger partial charge >= 0.3 is 5.97 Å². The fourth-order valence-electron chi connectivity index (χ4n) is 3.43. The summed E-state index contributed by atoms with van der Waals surface area (Å²) in [6.45, 7) is 3.63. The highest BCUT2D eigenvalue weighted by Crippen LogP contribution is 2.29. The molecule has 0 aliphatic heterocycles. The number of para-hydroxylation sites is 2. The number of amides is 2. The van der Waals surface area contributed by atoms with E-state index in [1.54, 1.807) is 50.4 Å². The molecule has 0 radical (unpaired) electrons. The lowest BCUT2D eigenvalue weighted by Crippen LogP contribution is -2.36. The van der Waals surface area contributed by atoms with E-state index < -0.39 is 0 Å². The van der Waals surface area contributed by atoms with Gasteiger partial charge in [-0.05, 0) is 62.1 Å². The molecule has 33 heavy (non-hydrogen) atoms. The molecule has 1 aliphatic rings. The number of hydrogen-bond donors (Lipinski definition) is 2. The van der Waals surface area contributed by atoms with Gasteiger partial charge in [0.2, 0.25) is 5.91 Å². The molecule has 8 heteroatoms. The minimum atomic E-state index is -0.271. The van der Waals surface area contributed by atoms with E-state index in [0.29, 0.717) is 41.8 Å². The van der Waals surface area contributed by atoms with Crippen LogP contribution in [0.5, 0.6) is 5.75 Å². The average Bonchev–Trinajstić information content (AvgIpc) is 3.62. The van der Waals surface area contributed by atoms with E-state index in [9.17, 15) is 14.4 Å². The van der Waals surface area contributed by atoms with E-state index in [0.717, 1.165) is 19.4 Å². The highest BCUT2D eigenvalue weighted by molar-refractivity contribution is 6.05. The molecule has 3 rings (SSSR count). The number of esters is 1. The van der Waals surface area contributed by atoms with Crippen LogP contribution in [0.25, 0.3) is 0 Å². The third kappa shape index (κ3) is 7.91. The molecule has 2 aromatic rings. The number of carbonyl (C=O) groups is 3. The van der Waals surface area contributed by atoms with Gasteiger partial charge in [-0.2, -0.15) is 0 Å². The van der Waals surface area contributed by atoms with Crippen LogP contribution in [0, 0.1) is 5.92 Å². The first-order chi connectivity index (χ1) is 16.0. The topological polar surface area (TPSA) is 97.0 Å². The van der Waals surface area contributed by atoms with Gasteiger partial charge in [0, 0.05) is 24.3 Å². The van der Waals surface area contributed by atoms with Gasteiger partial charge in [0.1, 0.15) is 5.75 Å². The zero-order valence-corrected chi connectivity index (χ0v) is 19.1. The Hall–Kier alpha value is -3.39. The fourth-order valence-corrected chi connectivity index (χ4v) is 3.43. The number of carbonyl (C=O) groups excluding carboxylic acids is 3. The van der Waals surface area contributed by atoms with Crippen molar-refractivity contribution in [3.05, 3.63) is 54.1 Å². The maximum atomic E-state index is 12.6. The molecule has 0 bridgehead atoms. The van der Waals surface area contributed by atoms with Gasteiger partial charge in [-0.25, -0.2) is 0 Å². The minimum absolute atomic E-state index is 0.161. The molecule has 2 amide bonds. The van der Waals surface area contributed by atoms with E-state index in [1.807, 2.05) is 17.0 Å². The summed E-state index contributed by atoms with van der Waals surface area (Å²) in [7, 11) is 1.55. The number of nitrogens with zero attached hydrogens (tertiary/aromatic N) is 1. The van der Waals surface area contributed by atoms with Crippen LogP contribution < -0.4 is 15.4 Å². The fraction of sp³-hybridized carbons (Fsp3) is 0.400. The first kappa shape index (κ1) is 24.3. The summed E-state index contributed by atoms with van der Waals surface area (Å²) in [5, 5.41) is 5.69. The van der Waals surface area contributed by atoms with Crippen molar-refractivity contribution in [1.29, 1.82) is 0 Å². The van der Waals surface area contributed by atoms with Gasteiger partial charge < -0.3 is 20.1 Å². The van der Waals surface area contributed by atoms with Gasteiger partial charge in [0.05, 0.1) is 32.4 Å². The quantitative estimate of drug-likeness (QED) is 0.477. The third-order valence-electron chi connectivity index (χ3n) is 5.30. The molecule has 0 aromatic heterocycles. The number of methoxy groups -OCH3 is 1. The Morgan fingerprint density at radius 1 is 1.03 bits per heavy atom. The molecule has 0 spiro atoms. The van der Waals surface area contributed by atoms with Crippen molar-refractivity contribution in [2.75, 3.05) is 44.0 Å². The van der Waals surface area contributed by atoms with E-state index in [1.165, 1.54) is 0 Å². The van der Waals surface area contributed by atoms with Crippen LogP contribution in [-0.2, 0) is 14.3 Å². The predicted molar refractivity (Wildman–Crippen MR) is 126 cm³/mol. The molecule has 1 aliphatic carbocycles. The first-order valence-electron chi connectivity index (χ1n) is 11.2. The van der Waals surface area contributed by atoms with Crippen LogP contribution in [-0.4, -0.2) is 56.0 Å². The molecule has 176 valence electrons. The van der Waals surface area contributed by atoms with Crippen molar-refractivity contribution in [2.45, 2.75) is 26.2 Å². The zero-order chi connectivity index (χ0) is 23.6. The van der Waals surface area contributed by atoms with Crippen LogP contribution in [0.15, 0.2) is 48.5 Å². The molecule has 0 saturated heterocycles. The average molecular weight is 454 g/mol. The van der Waals surface area contributed by atoms with Crippen LogP contribution >= 0.6 is 0 Å². The monoisotopic (exact) mass is 453 g/mol. The largest absolute Gasteiger partial charge is 0.495 e. The lowest BCUT2D eigenvalue weighted by atomic mass is 10.2. The lowest BCUT2D eigenvalue weighted by molar-refractivity contribution is -0.143. The summed E-state index contributed by atoms with van der Waals surface area (Å²) in [5.41, 5.74) is 1.65. The SMILES string of the molecule is CCOC(=O)CCN(CC(=O)Nc1ccc(C(=O)Nc2ccccc2OC)cc1)CC1CC1.